The van der Waals surface area contributed by atoms with E-state index >= 15 is 0 Å². The van der Waals surface area contributed by atoms with E-state index in [-0.39, 0.29) is 22.1 Å². The van der Waals surface area contributed by atoms with Crippen LogP contribution in [0.5, 0.6) is 5.75 Å². The van der Waals surface area contributed by atoms with Crippen LogP contribution in [0.25, 0.3) is 0 Å². The van der Waals surface area contributed by atoms with Crippen LogP contribution in [0.1, 0.15) is 17.3 Å². The average Bonchev–Trinajstić information content (AvgIpc) is 2.50. The van der Waals surface area contributed by atoms with Crippen molar-refractivity contribution in [3.8, 4) is 5.75 Å². The zero-order valence-electron chi connectivity index (χ0n) is 11.7. The average molecular weight is 384 g/mol. The number of carbonyl (C=O) groups is 1. The van der Waals surface area contributed by atoms with Crippen LogP contribution in [0.4, 0.5) is 5.69 Å². The van der Waals surface area contributed by atoms with Crippen molar-refractivity contribution in [2.45, 2.75) is 11.8 Å². The van der Waals surface area contributed by atoms with E-state index in [2.05, 4.69) is 21.2 Å². The Labute approximate surface area is 137 Å². The van der Waals surface area contributed by atoms with E-state index < -0.39 is 15.7 Å². The molecule has 22 heavy (non-hydrogen) atoms. The van der Waals surface area contributed by atoms with Gasteiger partial charge in [0.05, 0.1) is 16.3 Å². The number of halogens is 1. The van der Waals surface area contributed by atoms with Gasteiger partial charge in [-0.2, -0.15) is 0 Å². The van der Waals surface area contributed by atoms with Gasteiger partial charge in [-0.1, -0.05) is 22.9 Å². The number of nitrogens with one attached hydrogen (secondary N) is 1. The molecule has 0 aliphatic heterocycles. The quantitative estimate of drug-likeness (QED) is 0.793. The van der Waals surface area contributed by atoms with Crippen LogP contribution in [0.2, 0.25) is 0 Å². The molecule has 116 valence electrons. The lowest BCUT2D eigenvalue weighted by atomic mass is 10.2. The lowest BCUT2D eigenvalue weighted by Gasteiger charge is -2.10. The standard InChI is InChI=1S/C15H14BrNO4S/c1-2-22(20,21)12-7-8-14(18)13(9-12)17-15(19)10-3-5-11(16)6-4-10/h3-9,18H,2H2,1H3,(H,17,19). The highest BCUT2D eigenvalue weighted by Crippen LogP contribution is 2.27. The van der Waals surface area contributed by atoms with Gasteiger partial charge in [-0.25, -0.2) is 8.42 Å². The van der Waals surface area contributed by atoms with Crippen LogP contribution in [-0.2, 0) is 9.84 Å². The van der Waals surface area contributed by atoms with Gasteiger partial charge in [0.1, 0.15) is 5.75 Å². The zero-order valence-corrected chi connectivity index (χ0v) is 14.1. The largest absolute Gasteiger partial charge is 0.506 e. The van der Waals surface area contributed by atoms with Gasteiger partial charge in [-0.15, -0.1) is 0 Å². The predicted molar refractivity (Wildman–Crippen MR) is 87.9 cm³/mol. The molecule has 0 atom stereocenters. The minimum Gasteiger partial charge on any atom is -0.506 e. The summed E-state index contributed by atoms with van der Waals surface area (Å²) in [5.74, 6) is -0.688. The molecule has 0 aliphatic rings. The second-order valence-electron chi connectivity index (χ2n) is 4.54. The molecule has 1 amide bonds. The Balaban J connectivity index is 2.31. The number of anilines is 1. The molecule has 0 spiro atoms. The second-order valence-corrected chi connectivity index (χ2v) is 7.74. The number of hydrogen-bond donors (Lipinski definition) is 2. The predicted octanol–water partition coefficient (Wildman–Crippen LogP) is 3.20. The van der Waals surface area contributed by atoms with Gasteiger partial charge in [0.15, 0.2) is 9.84 Å². The van der Waals surface area contributed by atoms with E-state index in [0.29, 0.717) is 5.56 Å². The first-order chi connectivity index (χ1) is 10.3. The molecule has 2 aromatic carbocycles. The first-order valence-corrected chi connectivity index (χ1v) is 8.90. The highest BCUT2D eigenvalue weighted by Gasteiger charge is 2.15. The van der Waals surface area contributed by atoms with Gasteiger partial charge in [-0.05, 0) is 42.5 Å². The molecule has 2 rings (SSSR count). The number of hydrogen-bond acceptors (Lipinski definition) is 4. The fraction of sp³-hybridized carbons (Fsp3) is 0.133. The monoisotopic (exact) mass is 383 g/mol. The Bertz CT molecular complexity index is 801. The van der Waals surface area contributed by atoms with E-state index in [0.717, 1.165) is 4.47 Å². The minimum absolute atomic E-state index is 0.0545. The maximum Gasteiger partial charge on any atom is 0.255 e. The number of phenols is 1. The molecule has 0 saturated carbocycles. The molecule has 0 aliphatic carbocycles. The van der Waals surface area contributed by atoms with Gasteiger partial charge < -0.3 is 10.4 Å². The van der Waals surface area contributed by atoms with Crippen LogP contribution >= 0.6 is 15.9 Å². The van der Waals surface area contributed by atoms with Crippen molar-refractivity contribution in [1.29, 1.82) is 0 Å². The first-order valence-electron chi connectivity index (χ1n) is 6.46. The van der Waals surface area contributed by atoms with Crippen molar-refractivity contribution >= 4 is 37.4 Å². The number of phenolic OH excluding ortho intramolecular Hbond substituents is 1. The van der Waals surface area contributed by atoms with Gasteiger partial charge in [0.2, 0.25) is 0 Å². The molecule has 2 N–H and O–H groups in total. The third kappa shape index (κ3) is 3.66. The minimum atomic E-state index is -3.41. The van der Waals surface area contributed by atoms with Crippen molar-refractivity contribution in [3.63, 3.8) is 0 Å². The molecule has 0 bridgehead atoms. The van der Waals surface area contributed by atoms with Crippen molar-refractivity contribution in [1.82, 2.24) is 0 Å². The second kappa shape index (κ2) is 6.50. The van der Waals surface area contributed by atoms with E-state index in [4.69, 9.17) is 0 Å². The maximum atomic E-state index is 12.1. The van der Waals surface area contributed by atoms with Crippen LogP contribution in [-0.4, -0.2) is 25.2 Å². The SMILES string of the molecule is CCS(=O)(=O)c1ccc(O)c(NC(=O)c2ccc(Br)cc2)c1. The number of aromatic hydroxyl groups is 1. The van der Waals surface area contributed by atoms with Crippen LogP contribution in [0, 0.1) is 0 Å². The number of amides is 1. The normalized spacial score (nSPS) is 11.2. The number of rotatable bonds is 4. The van der Waals surface area contributed by atoms with Crippen molar-refractivity contribution < 1.29 is 18.3 Å². The Hall–Kier alpha value is -1.86. The molecule has 0 fully saturated rings. The third-order valence-electron chi connectivity index (χ3n) is 3.06. The summed E-state index contributed by atoms with van der Waals surface area (Å²) in [5, 5.41) is 12.3. The van der Waals surface area contributed by atoms with Gasteiger partial charge in [-0.3, -0.25) is 4.79 Å². The Kier molecular flexibility index (Phi) is 4.87. The van der Waals surface area contributed by atoms with E-state index in [1.54, 1.807) is 24.3 Å². The molecule has 2 aromatic rings. The molecule has 0 saturated heterocycles. The summed E-state index contributed by atoms with van der Waals surface area (Å²) < 4.78 is 24.6. The summed E-state index contributed by atoms with van der Waals surface area (Å²) in [6.07, 6.45) is 0. The van der Waals surface area contributed by atoms with Gasteiger partial charge in [0.25, 0.3) is 5.91 Å². The summed E-state index contributed by atoms with van der Waals surface area (Å²) in [4.78, 5) is 12.2. The Morgan fingerprint density at radius 3 is 2.41 bits per heavy atom. The summed E-state index contributed by atoms with van der Waals surface area (Å²) in [6, 6.07) is 10.5. The molecule has 0 heterocycles. The molecule has 0 unspecified atom stereocenters. The lowest BCUT2D eigenvalue weighted by Crippen LogP contribution is -2.12. The zero-order chi connectivity index (χ0) is 16.3. The number of carbonyl (C=O) groups excluding carboxylic acids is 1. The van der Waals surface area contributed by atoms with Crippen molar-refractivity contribution in [2.24, 2.45) is 0 Å². The van der Waals surface area contributed by atoms with Crippen molar-refractivity contribution in [3.05, 3.63) is 52.5 Å². The van der Waals surface area contributed by atoms with E-state index in [9.17, 15) is 18.3 Å². The third-order valence-corrected chi connectivity index (χ3v) is 5.32. The summed E-state index contributed by atoms with van der Waals surface area (Å²) in [5.41, 5.74) is 0.453. The molecule has 5 nitrogen and oxygen atoms in total. The Morgan fingerprint density at radius 2 is 1.82 bits per heavy atom. The summed E-state index contributed by atoms with van der Waals surface area (Å²) in [7, 11) is -3.41. The molecular formula is C15H14BrNO4S. The molecule has 0 aromatic heterocycles. The lowest BCUT2D eigenvalue weighted by molar-refractivity contribution is 0.102. The fourth-order valence-corrected chi connectivity index (χ4v) is 2.94. The highest BCUT2D eigenvalue weighted by molar-refractivity contribution is 9.10. The number of benzene rings is 2. The first kappa shape index (κ1) is 16.5. The van der Waals surface area contributed by atoms with E-state index in [1.165, 1.54) is 25.1 Å². The van der Waals surface area contributed by atoms with Crippen LogP contribution in [0.3, 0.4) is 0 Å². The topological polar surface area (TPSA) is 83.5 Å². The maximum absolute atomic E-state index is 12.1. The Morgan fingerprint density at radius 1 is 1.18 bits per heavy atom. The van der Waals surface area contributed by atoms with Gasteiger partial charge in [0, 0.05) is 10.0 Å². The molecule has 7 heteroatoms. The number of sulfone groups is 1. The van der Waals surface area contributed by atoms with Crippen LogP contribution < -0.4 is 5.32 Å². The fourth-order valence-electron chi connectivity index (χ4n) is 1.77. The van der Waals surface area contributed by atoms with Crippen LogP contribution in [0.15, 0.2) is 51.8 Å². The highest BCUT2D eigenvalue weighted by atomic mass is 79.9. The van der Waals surface area contributed by atoms with E-state index in [1.807, 2.05) is 0 Å². The van der Waals surface area contributed by atoms with Crippen molar-refractivity contribution in [2.75, 3.05) is 11.1 Å². The molecular weight excluding hydrogens is 370 g/mol. The van der Waals surface area contributed by atoms with Gasteiger partial charge >= 0.3 is 0 Å². The summed E-state index contributed by atoms with van der Waals surface area (Å²) in [6.45, 7) is 1.53. The summed E-state index contributed by atoms with van der Waals surface area (Å²) >= 11 is 3.27. The smallest absolute Gasteiger partial charge is 0.255 e. The molecule has 0 radical (unpaired) electrons.